The molecule has 1 aromatic carbocycles. The van der Waals surface area contributed by atoms with Crippen LogP contribution in [0.3, 0.4) is 0 Å². The summed E-state index contributed by atoms with van der Waals surface area (Å²) in [5.41, 5.74) is 7.52. The van der Waals surface area contributed by atoms with Crippen LogP contribution in [0, 0.1) is 11.7 Å². The molecule has 3 rings (SSSR count). The van der Waals surface area contributed by atoms with Crippen LogP contribution < -0.4 is 5.73 Å². The van der Waals surface area contributed by atoms with Gasteiger partial charge in [-0.2, -0.15) is 0 Å². The Balaban J connectivity index is 1.61. The normalized spacial score (nSPS) is 18.5. The van der Waals surface area contributed by atoms with Gasteiger partial charge in [-0.05, 0) is 57.0 Å². The monoisotopic (exact) mass is 303 g/mol. The number of rotatable bonds is 4. The maximum absolute atomic E-state index is 13.2. The molecule has 5 heteroatoms. The van der Waals surface area contributed by atoms with Crippen LogP contribution in [0.2, 0.25) is 0 Å². The van der Waals surface area contributed by atoms with Gasteiger partial charge < -0.3 is 10.2 Å². The van der Waals surface area contributed by atoms with Crippen molar-refractivity contribution in [1.29, 1.82) is 0 Å². The molecule has 0 aliphatic carbocycles. The van der Waals surface area contributed by atoms with Crippen molar-refractivity contribution in [2.45, 2.75) is 32.4 Å². The van der Waals surface area contributed by atoms with Crippen LogP contribution in [0.4, 0.5) is 4.39 Å². The van der Waals surface area contributed by atoms with Gasteiger partial charge in [0.15, 0.2) is 0 Å². The minimum Gasteiger partial charge on any atom is -0.444 e. The van der Waals surface area contributed by atoms with Gasteiger partial charge in [0.2, 0.25) is 5.89 Å². The van der Waals surface area contributed by atoms with Gasteiger partial charge in [0, 0.05) is 18.2 Å². The Morgan fingerprint density at radius 2 is 2.18 bits per heavy atom. The molecule has 22 heavy (non-hydrogen) atoms. The second-order valence-corrected chi connectivity index (χ2v) is 6.13. The molecule has 2 heterocycles. The molecule has 1 atom stereocenters. The Kier molecular flexibility index (Phi) is 4.55. The molecule has 4 nitrogen and oxygen atoms in total. The molecule has 1 aliphatic rings. The zero-order valence-corrected chi connectivity index (χ0v) is 12.8. The van der Waals surface area contributed by atoms with Crippen molar-refractivity contribution in [2.75, 3.05) is 13.1 Å². The number of nitrogens with zero attached hydrogens (tertiary/aromatic N) is 2. The van der Waals surface area contributed by atoms with Crippen molar-refractivity contribution in [2.24, 2.45) is 11.7 Å². The van der Waals surface area contributed by atoms with Gasteiger partial charge in [0.05, 0.1) is 5.69 Å². The number of aromatic nitrogens is 1. The van der Waals surface area contributed by atoms with Crippen molar-refractivity contribution in [3.05, 3.63) is 42.0 Å². The number of benzene rings is 1. The predicted molar refractivity (Wildman–Crippen MR) is 83.5 cm³/mol. The average Bonchev–Trinajstić information content (AvgIpc) is 2.96. The van der Waals surface area contributed by atoms with Gasteiger partial charge in [-0.3, -0.25) is 4.90 Å². The molecular weight excluding hydrogens is 281 g/mol. The summed E-state index contributed by atoms with van der Waals surface area (Å²) in [6.45, 7) is 4.93. The number of oxazole rings is 1. The fourth-order valence-corrected chi connectivity index (χ4v) is 3.00. The van der Waals surface area contributed by atoms with Crippen LogP contribution in [-0.4, -0.2) is 29.0 Å². The molecule has 118 valence electrons. The second-order valence-electron chi connectivity index (χ2n) is 6.13. The molecule has 2 N–H and O–H groups in total. The van der Waals surface area contributed by atoms with Crippen LogP contribution in [0.5, 0.6) is 0 Å². The predicted octanol–water partition coefficient (Wildman–Crippen LogP) is 3.04. The Hall–Kier alpha value is -1.72. The van der Waals surface area contributed by atoms with E-state index in [-0.39, 0.29) is 11.9 Å². The zero-order chi connectivity index (χ0) is 15.5. The van der Waals surface area contributed by atoms with Gasteiger partial charge in [0.1, 0.15) is 12.1 Å². The van der Waals surface area contributed by atoms with E-state index in [0.717, 1.165) is 38.2 Å². The van der Waals surface area contributed by atoms with Gasteiger partial charge in [-0.25, -0.2) is 9.37 Å². The number of halogens is 1. The first-order chi connectivity index (χ1) is 10.6. The highest BCUT2D eigenvalue weighted by atomic mass is 19.1. The summed E-state index contributed by atoms with van der Waals surface area (Å²) in [5.74, 6) is 0.812. The summed E-state index contributed by atoms with van der Waals surface area (Å²) >= 11 is 0. The van der Waals surface area contributed by atoms with Crippen molar-refractivity contribution >= 4 is 0 Å². The lowest BCUT2D eigenvalue weighted by Gasteiger charge is -2.33. The Bertz CT molecular complexity index is 618. The summed E-state index contributed by atoms with van der Waals surface area (Å²) in [4.78, 5) is 6.84. The van der Waals surface area contributed by atoms with E-state index in [1.54, 1.807) is 18.4 Å². The maximum Gasteiger partial charge on any atom is 0.226 e. The van der Waals surface area contributed by atoms with E-state index in [4.69, 9.17) is 10.2 Å². The van der Waals surface area contributed by atoms with Crippen molar-refractivity contribution in [3.63, 3.8) is 0 Å². The zero-order valence-electron chi connectivity index (χ0n) is 12.8. The van der Waals surface area contributed by atoms with Crippen molar-refractivity contribution in [1.82, 2.24) is 9.88 Å². The van der Waals surface area contributed by atoms with Crippen LogP contribution in [0.1, 0.15) is 25.5 Å². The van der Waals surface area contributed by atoms with Gasteiger partial charge in [-0.1, -0.05) is 6.07 Å². The van der Waals surface area contributed by atoms with E-state index in [1.165, 1.54) is 12.1 Å². The molecule has 0 bridgehead atoms. The maximum atomic E-state index is 13.2. The van der Waals surface area contributed by atoms with Crippen LogP contribution in [-0.2, 0) is 6.54 Å². The first kappa shape index (κ1) is 15.2. The van der Waals surface area contributed by atoms with Gasteiger partial charge in [0.25, 0.3) is 0 Å². The van der Waals surface area contributed by atoms with E-state index in [1.807, 2.05) is 0 Å². The molecule has 1 saturated heterocycles. The number of nitrogens with two attached hydrogens (primary N) is 1. The first-order valence-corrected chi connectivity index (χ1v) is 7.80. The van der Waals surface area contributed by atoms with E-state index < -0.39 is 0 Å². The molecule has 1 fully saturated rings. The van der Waals surface area contributed by atoms with E-state index in [0.29, 0.717) is 17.4 Å². The highest BCUT2D eigenvalue weighted by Crippen LogP contribution is 2.23. The molecule has 1 aliphatic heterocycles. The number of hydrogen-bond acceptors (Lipinski definition) is 4. The quantitative estimate of drug-likeness (QED) is 0.943. The van der Waals surface area contributed by atoms with E-state index in [2.05, 4.69) is 16.8 Å². The van der Waals surface area contributed by atoms with Crippen molar-refractivity contribution in [3.8, 4) is 11.5 Å². The number of piperidine rings is 1. The van der Waals surface area contributed by atoms with Crippen LogP contribution in [0.15, 0.2) is 34.9 Å². The Morgan fingerprint density at radius 1 is 1.41 bits per heavy atom. The van der Waals surface area contributed by atoms with Gasteiger partial charge >= 0.3 is 0 Å². The summed E-state index contributed by atoms with van der Waals surface area (Å²) in [5, 5.41) is 0. The molecule has 2 aromatic rings. The van der Waals surface area contributed by atoms with E-state index in [9.17, 15) is 4.39 Å². The highest BCUT2D eigenvalue weighted by molar-refractivity contribution is 5.52. The SMILES string of the molecule is CC(N)C1CCN(Cc2coc(-c3cccc(F)c3)n2)CC1. The third kappa shape index (κ3) is 3.54. The highest BCUT2D eigenvalue weighted by Gasteiger charge is 2.22. The molecule has 0 radical (unpaired) electrons. The third-order valence-electron chi connectivity index (χ3n) is 4.38. The molecule has 0 spiro atoms. The van der Waals surface area contributed by atoms with Gasteiger partial charge in [-0.15, -0.1) is 0 Å². The topological polar surface area (TPSA) is 55.3 Å². The Morgan fingerprint density at radius 3 is 2.86 bits per heavy atom. The minimum absolute atomic E-state index is 0.272. The lowest BCUT2D eigenvalue weighted by atomic mass is 9.91. The Labute approximate surface area is 130 Å². The molecule has 1 unspecified atom stereocenters. The lowest BCUT2D eigenvalue weighted by molar-refractivity contribution is 0.164. The van der Waals surface area contributed by atoms with Crippen LogP contribution in [0.25, 0.3) is 11.5 Å². The number of hydrogen-bond donors (Lipinski definition) is 1. The summed E-state index contributed by atoms with van der Waals surface area (Å²) in [7, 11) is 0. The standard InChI is InChI=1S/C17H22FN3O/c1-12(19)13-5-7-21(8-6-13)10-16-11-22-17(20-16)14-3-2-4-15(18)9-14/h2-4,9,11-13H,5-8,10,19H2,1H3. The molecule has 0 amide bonds. The van der Waals surface area contributed by atoms with Crippen LogP contribution >= 0.6 is 0 Å². The number of likely N-dealkylation sites (tertiary alicyclic amines) is 1. The summed E-state index contributed by atoms with van der Waals surface area (Å²) in [6, 6.07) is 6.58. The summed E-state index contributed by atoms with van der Waals surface area (Å²) < 4.78 is 18.7. The molecule has 0 saturated carbocycles. The van der Waals surface area contributed by atoms with E-state index >= 15 is 0 Å². The third-order valence-corrected chi connectivity index (χ3v) is 4.38. The second kappa shape index (κ2) is 6.58. The largest absolute Gasteiger partial charge is 0.444 e. The lowest BCUT2D eigenvalue weighted by Crippen LogP contribution is -2.39. The fraction of sp³-hybridized carbons (Fsp3) is 0.471. The fourth-order valence-electron chi connectivity index (χ4n) is 3.00. The smallest absolute Gasteiger partial charge is 0.226 e. The average molecular weight is 303 g/mol. The van der Waals surface area contributed by atoms with Crippen molar-refractivity contribution < 1.29 is 8.81 Å². The molecule has 1 aromatic heterocycles. The molecular formula is C17H22FN3O. The minimum atomic E-state index is -0.282. The summed E-state index contributed by atoms with van der Waals surface area (Å²) in [6.07, 6.45) is 3.93. The first-order valence-electron chi connectivity index (χ1n) is 7.80.